The molecular formula is C20H28N2O3. The van der Waals surface area contributed by atoms with E-state index in [0.29, 0.717) is 24.0 Å². The van der Waals surface area contributed by atoms with Crippen molar-refractivity contribution in [2.24, 2.45) is 11.8 Å². The van der Waals surface area contributed by atoms with Crippen LogP contribution >= 0.6 is 0 Å². The van der Waals surface area contributed by atoms with Crippen molar-refractivity contribution in [3.63, 3.8) is 0 Å². The number of likely N-dealkylation sites (tertiary alicyclic amines) is 1. The van der Waals surface area contributed by atoms with Gasteiger partial charge in [0.05, 0.1) is 24.4 Å². The Morgan fingerprint density at radius 1 is 1.12 bits per heavy atom. The average molecular weight is 344 g/mol. The molecule has 0 saturated carbocycles. The van der Waals surface area contributed by atoms with Crippen LogP contribution in [0.15, 0.2) is 24.3 Å². The average Bonchev–Trinajstić information content (AvgIpc) is 3.27. The number of nitrogens with zero attached hydrogens (tertiary/aromatic N) is 1. The van der Waals surface area contributed by atoms with E-state index in [1.807, 2.05) is 49.9 Å². The molecule has 25 heavy (non-hydrogen) atoms. The molecule has 2 bridgehead atoms. The fourth-order valence-electron chi connectivity index (χ4n) is 4.59. The first-order valence-corrected chi connectivity index (χ1v) is 9.49. The van der Waals surface area contributed by atoms with Gasteiger partial charge in [-0.2, -0.15) is 0 Å². The zero-order chi connectivity index (χ0) is 17.6. The molecule has 1 N–H and O–H groups in total. The van der Waals surface area contributed by atoms with Gasteiger partial charge in [-0.25, -0.2) is 4.79 Å². The number of hydrogen-bond donors (Lipinski definition) is 1. The minimum atomic E-state index is -0.0194. The smallest absolute Gasteiger partial charge is 0.317 e. The number of rotatable bonds is 4. The van der Waals surface area contributed by atoms with Gasteiger partial charge in [0.15, 0.2) is 0 Å². The Balaban J connectivity index is 1.33. The van der Waals surface area contributed by atoms with E-state index in [-0.39, 0.29) is 18.2 Å². The largest absolute Gasteiger partial charge is 0.491 e. The number of carbonyl (C=O) groups excluding carboxylic acids is 1. The van der Waals surface area contributed by atoms with E-state index >= 15 is 0 Å². The lowest BCUT2D eigenvalue weighted by atomic mass is 9.82. The summed E-state index contributed by atoms with van der Waals surface area (Å²) in [5, 5.41) is 3.14. The number of benzene rings is 1. The molecule has 3 heterocycles. The maximum absolute atomic E-state index is 12.7. The van der Waals surface area contributed by atoms with E-state index in [0.717, 1.165) is 24.4 Å². The second kappa shape index (κ2) is 6.52. The normalized spacial score (nSPS) is 31.3. The molecule has 1 aromatic carbocycles. The summed E-state index contributed by atoms with van der Waals surface area (Å²) in [5.41, 5.74) is 1.09. The third kappa shape index (κ3) is 3.22. The molecule has 5 nitrogen and oxygen atoms in total. The van der Waals surface area contributed by atoms with Gasteiger partial charge in [0.25, 0.3) is 0 Å². The first-order valence-electron chi connectivity index (χ1n) is 9.49. The van der Waals surface area contributed by atoms with Crippen LogP contribution in [0.3, 0.4) is 0 Å². The van der Waals surface area contributed by atoms with Crippen LogP contribution in [0.25, 0.3) is 0 Å². The number of fused-ring (bicyclic) bond motifs is 5. The monoisotopic (exact) mass is 344 g/mol. The van der Waals surface area contributed by atoms with E-state index < -0.39 is 0 Å². The van der Waals surface area contributed by atoms with Gasteiger partial charge in [0, 0.05) is 24.9 Å². The van der Waals surface area contributed by atoms with Gasteiger partial charge in [-0.05, 0) is 51.3 Å². The Hall–Kier alpha value is -1.75. The maximum atomic E-state index is 12.7. The van der Waals surface area contributed by atoms with Crippen molar-refractivity contribution < 1.29 is 14.3 Å². The molecule has 0 aromatic heterocycles. The molecule has 0 spiro atoms. The van der Waals surface area contributed by atoms with E-state index in [4.69, 9.17) is 9.47 Å². The van der Waals surface area contributed by atoms with Crippen molar-refractivity contribution in [3.05, 3.63) is 29.8 Å². The predicted octanol–water partition coefficient (Wildman–Crippen LogP) is 3.35. The SMILES string of the molecule is CC(C)Oc1ccc([C@H](C)NC(=O)N2C[C@@H]3[C@H](C2)[C@H]2CC[C@H]3O2)cc1. The molecule has 5 heteroatoms. The number of carbonyl (C=O) groups is 1. The molecular weight excluding hydrogens is 316 g/mol. The highest BCUT2D eigenvalue weighted by Gasteiger charge is 2.53. The van der Waals surface area contributed by atoms with E-state index in [2.05, 4.69) is 5.32 Å². The highest BCUT2D eigenvalue weighted by molar-refractivity contribution is 5.75. The van der Waals surface area contributed by atoms with Gasteiger partial charge in [-0.1, -0.05) is 12.1 Å². The molecule has 0 unspecified atom stereocenters. The molecule has 5 atom stereocenters. The molecule has 3 aliphatic heterocycles. The summed E-state index contributed by atoms with van der Waals surface area (Å²) in [6.45, 7) is 7.73. The Morgan fingerprint density at radius 3 is 2.28 bits per heavy atom. The number of ether oxygens (including phenoxy) is 2. The number of nitrogens with one attached hydrogen (secondary N) is 1. The summed E-state index contributed by atoms with van der Waals surface area (Å²) >= 11 is 0. The summed E-state index contributed by atoms with van der Waals surface area (Å²) in [6.07, 6.45) is 3.28. The van der Waals surface area contributed by atoms with Crippen LogP contribution in [0.5, 0.6) is 5.75 Å². The summed E-state index contributed by atoms with van der Waals surface area (Å²) < 4.78 is 11.7. The number of urea groups is 1. The highest BCUT2D eigenvalue weighted by Crippen LogP contribution is 2.47. The van der Waals surface area contributed by atoms with E-state index in [1.165, 1.54) is 12.8 Å². The minimum absolute atomic E-state index is 0.0194. The molecule has 4 rings (SSSR count). The number of amides is 2. The Bertz CT molecular complexity index is 612. The molecule has 136 valence electrons. The van der Waals surface area contributed by atoms with Crippen LogP contribution in [0.1, 0.15) is 45.2 Å². The third-order valence-corrected chi connectivity index (χ3v) is 5.83. The minimum Gasteiger partial charge on any atom is -0.491 e. The second-order valence-corrected chi connectivity index (χ2v) is 7.93. The van der Waals surface area contributed by atoms with Crippen LogP contribution in [0, 0.1) is 11.8 Å². The quantitative estimate of drug-likeness (QED) is 0.911. The fraction of sp³-hybridized carbons (Fsp3) is 0.650. The fourth-order valence-corrected chi connectivity index (χ4v) is 4.59. The third-order valence-electron chi connectivity index (χ3n) is 5.83. The van der Waals surface area contributed by atoms with Crippen LogP contribution < -0.4 is 10.1 Å². The second-order valence-electron chi connectivity index (χ2n) is 7.93. The van der Waals surface area contributed by atoms with Gasteiger partial charge < -0.3 is 19.7 Å². The molecule has 0 aliphatic carbocycles. The Labute approximate surface area is 149 Å². The van der Waals surface area contributed by atoms with Crippen LogP contribution in [-0.2, 0) is 4.74 Å². The number of hydrogen-bond acceptors (Lipinski definition) is 3. The van der Waals surface area contributed by atoms with Gasteiger partial charge in [-0.15, -0.1) is 0 Å². The molecule has 2 amide bonds. The maximum Gasteiger partial charge on any atom is 0.317 e. The summed E-state index contributed by atoms with van der Waals surface area (Å²) in [6, 6.07) is 8.00. The van der Waals surface area contributed by atoms with Crippen LogP contribution in [0.4, 0.5) is 4.79 Å². The topological polar surface area (TPSA) is 50.8 Å². The van der Waals surface area contributed by atoms with Gasteiger partial charge in [-0.3, -0.25) is 0 Å². The summed E-state index contributed by atoms with van der Waals surface area (Å²) in [5.74, 6) is 1.96. The van der Waals surface area contributed by atoms with Gasteiger partial charge >= 0.3 is 6.03 Å². The molecule has 3 saturated heterocycles. The Kier molecular flexibility index (Phi) is 4.36. The lowest BCUT2D eigenvalue weighted by molar-refractivity contribution is 0.0737. The van der Waals surface area contributed by atoms with Crippen molar-refractivity contribution in [3.8, 4) is 5.75 Å². The molecule has 0 radical (unpaired) electrons. The van der Waals surface area contributed by atoms with E-state index in [9.17, 15) is 4.79 Å². The summed E-state index contributed by atoms with van der Waals surface area (Å²) in [7, 11) is 0. The van der Waals surface area contributed by atoms with Crippen molar-refractivity contribution >= 4 is 6.03 Å². The highest BCUT2D eigenvalue weighted by atomic mass is 16.5. The zero-order valence-corrected chi connectivity index (χ0v) is 15.3. The molecule has 1 aromatic rings. The van der Waals surface area contributed by atoms with Crippen molar-refractivity contribution in [2.45, 2.75) is 58.0 Å². The van der Waals surface area contributed by atoms with Crippen molar-refractivity contribution in [2.75, 3.05) is 13.1 Å². The lowest BCUT2D eigenvalue weighted by Crippen LogP contribution is -2.40. The first-order chi connectivity index (χ1) is 12.0. The predicted molar refractivity (Wildman–Crippen MR) is 95.6 cm³/mol. The van der Waals surface area contributed by atoms with E-state index in [1.54, 1.807) is 0 Å². The van der Waals surface area contributed by atoms with Crippen molar-refractivity contribution in [1.82, 2.24) is 10.2 Å². The summed E-state index contributed by atoms with van der Waals surface area (Å²) in [4.78, 5) is 14.6. The van der Waals surface area contributed by atoms with Gasteiger partial charge in [0.1, 0.15) is 5.75 Å². The first kappa shape index (κ1) is 16.7. The van der Waals surface area contributed by atoms with Crippen LogP contribution in [0.2, 0.25) is 0 Å². The van der Waals surface area contributed by atoms with Gasteiger partial charge in [0.2, 0.25) is 0 Å². The zero-order valence-electron chi connectivity index (χ0n) is 15.3. The molecule has 3 fully saturated rings. The van der Waals surface area contributed by atoms with Crippen LogP contribution in [-0.4, -0.2) is 42.3 Å². The Morgan fingerprint density at radius 2 is 1.72 bits per heavy atom. The van der Waals surface area contributed by atoms with Crippen molar-refractivity contribution in [1.29, 1.82) is 0 Å². The molecule has 3 aliphatic rings. The standard InChI is InChI=1S/C20H28N2O3/c1-12(2)24-15-6-4-14(5-7-15)13(3)21-20(23)22-10-16-17(11-22)19-9-8-18(16)25-19/h4-7,12-13,16-19H,8-11H2,1-3H3,(H,21,23)/t13-,16-,17+,18+,19+/m0/s1. The lowest BCUT2D eigenvalue weighted by Gasteiger charge is -2.23.